The number of thiazole rings is 1. The van der Waals surface area contributed by atoms with E-state index in [1.165, 1.54) is 22.7 Å². The van der Waals surface area contributed by atoms with Crippen LogP contribution in [-0.4, -0.2) is 25.2 Å². The van der Waals surface area contributed by atoms with Crippen LogP contribution in [0.3, 0.4) is 0 Å². The van der Waals surface area contributed by atoms with E-state index in [9.17, 15) is 0 Å². The molecule has 2 rings (SSSR count). The van der Waals surface area contributed by atoms with Gasteiger partial charge in [0.1, 0.15) is 0 Å². The summed E-state index contributed by atoms with van der Waals surface area (Å²) < 4.78 is 5.49. The molecule has 0 spiro atoms. The molecule has 90 valence electrons. The van der Waals surface area contributed by atoms with Crippen molar-refractivity contribution in [1.82, 2.24) is 10.3 Å². The first-order chi connectivity index (χ1) is 7.79. The molecule has 1 aromatic heterocycles. The molecule has 0 amide bonds. The van der Waals surface area contributed by atoms with Gasteiger partial charge in [-0.25, -0.2) is 4.98 Å². The molecule has 1 aliphatic rings. The zero-order valence-corrected chi connectivity index (χ0v) is 10.8. The van der Waals surface area contributed by atoms with Crippen LogP contribution in [0, 0.1) is 5.92 Å². The van der Waals surface area contributed by atoms with E-state index in [0.717, 1.165) is 19.6 Å². The van der Waals surface area contributed by atoms with E-state index in [0.29, 0.717) is 12.0 Å². The minimum atomic E-state index is 0.411. The number of nitrogens with zero attached hydrogens (tertiary/aromatic N) is 1. The Morgan fingerprint density at radius 1 is 1.69 bits per heavy atom. The number of hydrogen-bond donors (Lipinski definition) is 1. The minimum Gasteiger partial charge on any atom is -0.381 e. The summed E-state index contributed by atoms with van der Waals surface area (Å²) in [5, 5.41) is 4.50. The molecule has 0 aliphatic carbocycles. The maximum absolute atomic E-state index is 5.49. The third-order valence-corrected chi connectivity index (χ3v) is 4.35. The van der Waals surface area contributed by atoms with Crippen molar-refractivity contribution in [3.05, 3.63) is 16.1 Å². The van der Waals surface area contributed by atoms with E-state index < -0.39 is 0 Å². The van der Waals surface area contributed by atoms with Crippen molar-refractivity contribution in [2.24, 2.45) is 5.92 Å². The Balaban J connectivity index is 1.91. The standard InChI is InChI=1S/C12H20N2OS/c1-9(13-2)11-7-14-12(16-11)6-10-4-3-5-15-8-10/h7,9-10,13H,3-6,8H2,1-2H3. The Hall–Kier alpha value is -0.450. The van der Waals surface area contributed by atoms with Crippen LogP contribution in [0.2, 0.25) is 0 Å². The lowest BCUT2D eigenvalue weighted by atomic mass is 9.99. The highest BCUT2D eigenvalue weighted by molar-refractivity contribution is 7.11. The summed E-state index contributed by atoms with van der Waals surface area (Å²) in [5.41, 5.74) is 0. The molecule has 2 unspecified atom stereocenters. The first-order valence-electron chi connectivity index (χ1n) is 5.99. The summed E-state index contributed by atoms with van der Waals surface area (Å²) in [4.78, 5) is 5.83. The van der Waals surface area contributed by atoms with E-state index in [-0.39, 0.29) is 0 Å². The summed E-state index contributed by atoms with van der Waals surface area (Å²) in [5.74, 6) is 0.678. The van der Waals surface area contributed by atoms with Crippen molar-refractivity contribution in [1.29, 1.82) is 0 Å². The average molecular weight is 240 g/mol. The Labute approximate surface area is 101 Å². The summed E-state index contributed by atoms with van der Waals surface area (Å²) in [7, 11) is 1.99. The normalized spacial score (nSPS) is 23.2. The summed E-state index contributed by atoms with van der Waals surface area (Å²) in [6.45, 7) is 4.02. The summed E-state index contributed by atoms with van der Waals surface area (Å²) >= 11 is 1.83. The SMILES string of the molecule is CNC(C)c1cnc(CC2CCCOC2)s1. The largest absolute Gasteiger partial charge is 0.381 e. The molecular weight excluding hydrogens is 220 g/mol. The molecule has 1 saturated heterocycles. The van der Waals surface area contributed by atoms with Gasteiger partial charge in [0.15, 0.2) is 0 Å². The molecule has 1 N–H and O–H groups in total. The highest BCUT2D eigenvalue weighted by Gasteiger charge is 2.16. The Morgan fingerprint density at radius 3 is 3.25 bits per heavy atom. The Kier molecular flexibility index (Phi) is 4.32. The van der Waals surface area contributed by atoms with Crippen LogP contribution in [0.4, 0.5) is 0 Å². The van der Waals surface area contributed by atoms with Crippen LogP contribution >= 0.6 is 11.3 Å². The quantitative estimate of drug-likeness (QED) is 0.877. The summed E-state index contributed by atoms with van der Waals surface area (Å²) in [6, 6.07) is 0.411. The molecule has 0 saturated carbocycles. The second-order valence-corrected chi connectivity index (χ2v) is 5.60. The molecule has 2 heterocycles. The molecular formula is C12H20N2OS. The maximum Gasteiger partial charge on any atom is 0.0931 e. The topological polar surface area (TPSA) is 34.2 Å². The molecule has 0 radical (unpaired) electrons. The first-order valence-corrected chi connectivity index (χ1v) is 6.81. The van der Waals surface area contributed by atoms with Crippen LogP contribution in [-0.2, 0) is 11.2 Å². The van der Waals surface area contributed by atoms with Gasteiger partial charge in [0.05, 0.1) is 5.01 Å². The van der Waals surface area contributed by atoms with E-state index >= 15 is 0 Å². The van der Waals surface area contributed by atoms with E-state index in [1.807, 2.05) is 24.6 Å². The monoisotopic (exact) mass is 240 g/mol. The lowest BCUT2D eigenvalue weighted by Crippen LogP contribution is -2.19. The fraction of sp³-hybridized carbons (Fsp3) is 0.750. The van der Waals surface area contributed by atoms with Crippen molar-refractivity contribution in [2.75, 3.05) is 20.3 Å². The summed E-state index contributed by atoms with van der Waals surface area (Å²) in [6.07, 6.45) is 5.58. The fourth-order valence-electron chi connectivity index (χ4n) is 1.98. The molecule has 1 fully saturated rings. The fourth-order valence-corrected chi connectivity index (χ4v) is 3.07. The highest BCUT2D eigenvalue weighted by atomic mass is 32.1. The van der Waals surface area contributed by atoms with Crippen molar-refractivity contribution in [3.8, 4) is 0 Å². The van der Waals surface area contributed by atoms with Gasteiger partial charge in [-0.15, -0.1) is 11.3 Å². The van der Waals surface area contributed by atoms with Gasteiger partial charge in [-0.1, -0.05) is 0 Å². The van der Waals surface area contributed by atoms with Crippen LogP contribution in [0.1, 0.15) is 35.7 Å². The van der Waals surface area contributed by atoms with Crippen molar-refractivity contribution in [2.45, 2.75) is 32.2 Å². The number of ether oxygens (including phenoxy) is 1. The Bertz CT molecular complexity index is 321. The minimum absolute atomic E-state index is 0.411. The number of rotatable bonds is 4. The lowest BCUT2D eigenvalue weighted by molar-refractivity contribution is 0.0550. The van der Waals surface area contributed by atoms with Crippen molar-refractivity contribution < 1.29 is 4.74 Å². The lowest BCUT2D eigenvalue weighted by Gasteiger charge is -2.20. The van der Waals surface area contributed by atoms with Gasteiger partial charge in [-0.2, -0.15) is 0 Å². The predicted octanol–water partition coefficient (Wildman–Crippen LogP) is 2.39. The van der Waals surface area contributed by atoms with Gasteiger partial charge in [-0.05, 0) is 32.7 Å². The van der Waals surface area contributed by atoms with Gasteiger partial charge < -0.3 is 10.1 Å². The van der Waals surface area contributed by atoms with Crippen LogP contribution in [0.15, 0.2) is 6.20 Å². The van der Waals surface area contributed by atoms with Crippen LogP contribution < -0.4 is 5.32 Å². The molecule has 1 aromatic rings. The van der Waals surface area contributed by atoms with Crippen molar-refractivity contribution in [3.63, 3.8) is 0 Å². The maximum atomic E-state index is 5.49. The number of nitrogens with one attached hydrogen (secondary N) is 1. The second-order valence-electron chi connectivity index (χ2n) is 4.45. The highest BCUT2D eigenvalue weighted by Crippen LogP contribution is 2.25. The molecule has 4 heteroatoms. The second kappa shape index (κ2) is 5.75. The molecule has 3 nitrogen and oxygen atoms in total. The predicted molar refractivity (Wildman–Crippen MR) is 66.8 cm³/mol. The van der Waals surface area contributed by atoms with Crippen molar-refractivity contribution >= 4 is 11.3 Å². The van der Waals surface area contributed by atoms with Crippen LogP contribution in [0.5, 0.6) is 0 Å². The molecule has 0 aromatic carbocycles. The van der Waals surface area contributed by atoms with E-state index in [4.69, 9.17) is 4.74 Å². The molecule has 0 bridgehead atoms. The zero-order valence-electron chi connectivity index (χ0n) is 10.0. The van der Waals surface area contributed by atoms with Gasteiger partial charge in [-0.3, -0.25) is 0 Å². The molecule has 16 heavy (non-hydrogen) atoms. The number of hydrogen-bond acceptors (Lipinski definition) is 4. The number of aromatic nitrogens is 1. The van der Waals surface area contributed by atoms with Gasteiger partial charge in [0, 0.05) is 36.8 Å². The van der Waals surface area contributed by atoms with E-state index in [1.54, 1.807) is 0 Å². The van der Waals surface area contributed by atoms with Gasteiger partial charge in [0.25, 0.3) is 0 Å². The molecule has 1 aliphatic heterocycles. The van der Waals surface area contributed by atoms with Gasteiger partial charge >= 0.3 is 0 Å². The van der Waals surface area contributed by atoms with Crippen LogP contribution in [0.25, 0.3) is 0 Å². The molecule has 2 atom stereocenters. The average Bonchev–Trinajstić information content (AvgIpc) is 2.78. The first kappa shape index (κ1) is 12.0. The van der Waals surface area contributed by atoms with E-state index in [2.05, 4.69) is 17.2 Å². The third-order valence-electron chi connectivity index (χ3n) is 3.15. The van der Waals surface area contributed by atoms with Gasteiger partial charge in [0.2, 0.25) is 0 Å². The smallest absolute Gasteiger partial charge is 0.0931 e. The Morgan fingerprint density at radius 2 is 2.56 bits per heavy atom. The third kappa shape index (κ3) is 3.03. The zero-order chi connectivity index (χ0) is 11.4.